The molecule has 0 fully saturated rings. The average molecular weight is 246 g/mol. The maximum atomic E-state index is 13.3. The molecule has 0 radical (unpaired) electrons. The van der Waals surface area contributed by atoms with Crippen LogP contribution in [-0.4, -0.2) is 0 Å². The van der Waals surface area contributed by atoms with Crippen LogP contribution in [0.5, 0.6) is 0 Å². The van der Waals surface area contributed by atoms with Gasteiger partial charge in [0.25, 0.3) is 0 Å². The summed E-state index contributed by atoms with van der Waals surface area (Å²) in [6.45, 7) is 7.53. The van der Waals surface area contributed by atoms with Gasteiger partial charge < -0.3 is 0 Å². The van der Waals surface area contributed by atoms with Crippen molar-refractivity contribution in [2.24, 2.45) is 0 Å². The minimum Gasteiger partial charge on any atom is -0.207 e. The molecule has 0 atom stereocenters. The Morgan fingerprint density at radius 2 is 0.778 bits per heavy atom. The fourth-order valence-electron chi connectivity index (χ4n) is 2.61. The van der Waals surface area contributed by atoms with Crippen molar-refractivity contribution in [1.82, 2.24) is 0 Å². The largest absolute Gasteiger partial charge is 0.207 e. The van der Waals surface area contributed by atoms with Gasteiger partial charge in [-0.05, 0) is 85.3 Å². The molecule has 0 spiro atoms. The molecular formula is C16H16F2. The van der Waals surface area contributed by atoms with E-state index >= 15 is 0 Å². The van der Waals surface area contributed by atoms with Crippen LogP contribution >= 0.6 is 0 Å². The third kappa shape index (κ3) is 2.15. The van der Waals surface area contributed by atoms with E-state index in [-0.39, 0.29) is 11.6 Å². The highest BCUT2D eigenvalue weighted by atomic mass is 19.1. The van der Waals surface area contributed by atoms with Gasteiger partial charge in [-0.1, -0.05) is 0 Å². The molecule has 2 rings (SSSR count). The van der Waals surface area contributed by atoms with Gasteiger partial charge in [-0.2, -0.15) is 0 Å². The number of halogens is 2. The van der Waals surface area contributed by atoms with Crippen LogP contribution in [0.4, 0.5) is 8.78 Å². The maximum Gasteiger partial charge on any atom is 0.123 e. The topological polar surface area (TPSA) is 0 Å². The number of hydrogen-bond acceptors (Lipinski definition) is 0. The Balaban J connectivity index is 2.78. The minimum atomic E-state index is -0.230. The molecule has 0 amide bonds. The standard InChI is InChI=1S/C16H16F2/c1-9-5-13(17)6-10(2)15(9)16-11(3)7-14(18)8-12(16)4/h5-8H,1-4H3. The van der Waals surface area contributed by atoms with Crippen molar-refractivity contribution in [2.45, 2.75) is 27.7 Å². The van der Waals surface area contributed by atoms with Gasteiger partial charge in [0.15, 0.2) is 0 Å². The van der Waals surface area contributed by atoms with Gasteiger partial charge in [-0.15, -0.1) is 0 Å². The highest BCUT2D eigenvalue weighted by Crippen LogP contribution is 2.33. The molecule has 0 N–H and O–H groups in total. The summed E-state index contributed by atoms with van der Waals surface area (Å²) >= 11 is 0. The Labute approximate surface area is 106 Å². The second-order valence-corrected chi connectivity index (χ2v) is 4.83. The first kappa shape index (κ1) is 12.7. The summed E-state index contributed by atoms with van der Waals surface area (Å²) in [7, 11) is 0. The molecule has 0 aliphatic heterocycles. The van der Waals surface area contributed by atoms with Crippen molar-refractivity contribution < 1.29 is 8.78 Å². The zero-order valence-electron chi connectivity index (χ0n) is 11.1. The molecule has 18 heavy (non-hydrogen) atoms. The average Bonchev–Trinajstić information content (AvgIpc) is 2.20. The van der Waals surface area contributed by atoms with Crippen LogP contribution < -0.4 is 0 Å². The predicted molar refractivity (Wildman–Crippen MR) is 70.7 cm³/mol. The second kappa shape index (κ2) is 4.52. The Kier molecular flexibility index (Phi) is 3.20. The van der Waals surface area contributed by atoms with Gasteiger partial charge in [-0.3, -0.25) is 0 Å². The molecule has 0 nitrogen and oxygen atoms in total. The van der Waals surface area contributed by atoms with Crippen LogP contribution in [0.15, 0.2) is 24.3 Å². The summed E-state index contributed by atoms with van der Waals surface area (Å²) < 4.78 is 26.7. The van der Waals surface area contributed by atoms with Gasteiger partial charge in [0, 0.05) is 0 Å². The Hall–Kier alpha value is -1.70. The molecule has 0 heterocycles. The third-order valence-electron chi connectivity index (χ3n) is 3.24. The third-order valence-corrected chi connectivity index (χ3v) is 3.24. The molecule has 0 saturated carbocycles. The van der Waals surface area contributed by atoms with E-state index in [4.69, 9.17) is 0 Å². The minimum absolute atomic E-state index is 0.230. The molecule has 0 saturated heterocycles. The van der Waals surface area contributed by atoms with Crippen LogP contribution in [0.2, 0.25) is 0 Å². The van der Waals surface area contributed by atoms with Gasteiger partial charge in [0.05, 0.1) is 0 Å². The van der Waals surface area contributed by atoms with E-state index < -0.39 is 0 Å². The van der Waals surface area contributed by atoms with Crippen LogP contribution in [0, 0.1) is 39.3 Å². The lowest BCUT2D eigenvalue weighted by molar-refractivity contribution is 0.624. The lowest BCUT2D eigenvalue weighted by Crippen LogP contribution is -1.96. The molecule has 94 valence electrons. The molecule has 2 heteroatoms. The van der Waals surface area contributed by atoms with E-state index in [1.807, 2.05) is 27.7 Å². The van der Waals surface area contributed by atoms with Crippen molar-refractivity contribution in [2.75, 3.05) is 0 Å². The quantitative estimate of drug-likeness (QED) is 0.673. The SMILES string of the molecule is Cc1cc(F)cc(C)c1-c1c(C)cc(F)cc1C. The van der Waals surface area contributed by atoms with E-state index in [2.05, 4.69) is 0 Å². The summed E-state index contributed by atoms with van der Waals surface area (Å²) in [6.07, 6.45) is 0. The maximum absolute atomic E-state index is 13.3. The van der Waals surface area contributed by atoms with E-state index in [1.54, 1.807) is 0 Å². The number of aryl methyl sites for hydroxylation is 4. The molecule has 0 aromatic heterocycles. The predicted octanol–water partition coefficient (Wildman–Crippen LogP) is 4.87. The highest BCUT2D eigenvalue weighted by Gasteiger charge is 2.13. The summed E-state index contributed by atoms with van der Waals surface area (Å²) in [5, 5.41) is 0. The zero-order chi connectivity index (χ0) is 13.4. The van der Waals surface area contributed by atoms with Gasteiger partial charge in [0.1, 0.15) is 11.6 Å². The van der Waals surface area contributed by atoms with Crippen LogP contribution in [0.25, 0.3) is 11.1 Å². The van der Waals surface area contributed by atoms with Crippen molar-refractivity contribution >= 4 is 0 Å². The first-order valence-electron chi connectivity index (χ1n) is 5.94. The lowest BCUT2D eigenvalue weighted by Gasteiger charge is -2.16. The van der Waals surface area contributed by atoms with E-state index in [9.17, 15) is 8.78 Å². The lowest BCUT2D eigenvalue weighted by atomic mass is 9.89. The molecule has 0 bridgehead atoms. The molecule has 0 aliphatic carbocycles. The second-order valence-electron chi connectivity index (χ2n) is 4.83. The first-order valence-corrected chi connectivity index (χ1v) is 5.94. The smallest absolute Gasteiger partial charge is 0.123 e. The van der Waals surface area contributed by atoms with Gasteiger partial charge in [0.2, 0.25) is 0 Å². The molecule has 2 aromatic carbocycles. The van der Waals surface area contributed by atoms with E-state index in [0.29, 0.717) is 0 Å². The monoisotopic (exact) mass is 246 g/mol. The number of benzene rings is 2. The summed E-state index contributed by atoms with van der Waals surface area (Å²) in [5.74, 6) is -0.461. The normalized spacial score (nSPS) is 10.8. The van der Waals surface area contributed by atoms with Crippen LogP contribution in [0.3, 0.4) is 0 Å². The van der Waals surface area contributed by atoms with Crippen molar-refractivity contribution in [3.8, 4) is 11.1 Å². The van der Waals surface area contributed by atoms with Crippen molar-refractivity contribution in [3.05, 3.63) is 58.2 Å². The summed E-state index contributed by atoms with van der Waals surface area (Å²) in [5.41, 5.74) is 5.53. The van der Waals surface area contributed by atoms with Gasteiger partial charge >= 0.3 is 0 Å². The van der Waals surface area contributed by atoms with Crippen LogP contribution in [-0.2, 0) is 0 Å². The Morgan fingerprint density at radius 3 is 1.00 bits per heavy atom. The highest BCUT2D eigenvalue weighted by molar-refractivity contribution is 5.76. The van der Waals surface area contributed by atoms with E-state index in [1.165, 1.54) is 24.3 Å². The van der Waals surface area contributed by atoms with Gasteiger partial charge in [-0.25, -0.2) is 8.78 Å². The van der Waals surface area contributed by atoms with Crippen molar-refractivity contribution in [1.29, 1.82) is 0 Å². The summed E-state index contributed by atoms with van der Waals surface area (Å²) in [4.78, 5) is 0. The Bertz CT molecular complexity index is 511. The zero-order valence-corrected chi connectivity index (χ0v) is 11.1. The first-order chi connectivity index (χ1) is 8.40. The van der Waals surface area contributed by atoms with Crippen molar-refractivity contribution in [3.63, 3.8) is 0 Å². The number of hydrogen-bond donors (Lipinski definition) is 0. The summed E-state index contributed by atoms with van der Waals surface area (Å²) in [6, 6.07) is 6.07. The van der Waals surface area contributed by atoms with Crippen LogP contribution in [0.1, 0.15) is 22.3 Å². The Morgan fingerprint density at radius 1 is 0.556 bits per heavy atom. The molecule has 0 aliphatic rings. The molecule has 2 aromatic rings. The number of rotatable bonds is 1. The fraction of sp³-hybridized carbons (Fsp3) is 0.250. The van der Waals surface area contributed by atoms with E-state index in [0.717, 1.165) is 33.4 Å². The molecular weight excluding hydrogens is 230 g/mol. The fourth-order valence-corrected chi connectivity index (χ4v) is 2.61. The molecule has 0 unspecified atom stereocenters.